The molecule has 3 fully saturated rings. The van der Waals surface area contributed by atoms with Gasteiger partial charge in [-0.2, -0.15) is 10.5 Å². The van der Waals surface area contributed by atoms with E-state index < -0.39 is 0 Å². The van der Waals surface area contributed by atoms with Gasteiger partial charge in [0.1, 0.15) is 12.1 Å². The number of benzene rings is 2. The van der Waals surface area contributed by atoms with Gasteiger partial charge in [-0.1, -0.05) is 63.1 Å². The van der Waals surface area contributed by atoms with Crippen LogP contribution in [-0.4, -0.2) is 0 Å². The normalized spacial score (nSPS) is 24.1. The van der Waals surface area contributed by atoms with Gasteiger partial charge in [0.25, 0.3) is 0 Å². The summed E-state index contributed by atoms with van der Waals surface area (Å²) in [6, 6.07) is 18.1. The molecule has 2 aromatic rings. The Morgan fingerprint density at radius 1 is 0.688 bits per heavy atom. The smallest absolute Gasteiger partial charge is 0.101 e. The van der Waals surface area contributed by atoms with Gasteiger partial charge in [-0.05, 0) is 97.3 Å². The van der Waals surface area contributed by atoms with Crippen LogP contribution in [0, 0.1) is 28.1 Å². The molecule has 0 amide bonds. The van der Waals surface area contributed by atoms with Crippen LogP contribution in [0.1, 0.15) is 105 Å². The molecule has 3 aliphatic carbocycles. The van der Waals surface area contributed by atoms with Gasteiger partial charge >= 0.3 is 0 Å². The third-order valence-corrected chi connectivity index (χ3v) is 8.55. The number of nitriles is 2. The topological polar surface area (TPSA) is 47.6 Å². The predicted octanol–water partition coefficient (Wildman–Crippen LogP) is 7.56. The molecule has 32 heavy (non-hydrogen) atoms. The zero-order chi connectivity index (χ0) is 22.6. The van der Waals surface area contributed by atoms with E-state index in [2.05, 4.69) is 56.3 Å². The van der Waals surface area contributed by atoms with Gasteiger partial charge in [0.05, 0.1) is 11.1 Å². The molecule has 0 unspecified atom stereocenters. The van der Waals surface area contributed by atoms with Crippen LogP contribution in [0.5, 0.6) is 0 Å². The van der Waals surface area contributed by atoms with Crippen LogP contribution in [0.25, 0.3) is 0 Å². The van der Waals surface area contributed by atoms with E-state index in [0.717, 1.165) is 36.8 Å². The molecule has 2 nitrogen and oxygen atoms in total. The molecule has 2 bridgehead atoms. The molecule has 0 N–H and O–H groups in total. The van der Waals surface area contributed by atoms with Crippen molar-refractivity contribution in [3.8, 4) is 12.1 Å². The van der Waals surface area contributed by atoms with E-state index in [1.165, 1.54) is 56.9 Å². The van der Waals surface area contributed by atoms with Crippen LogP contribution in [0.2, 0.25) is 0 Å². The summed E-state index contributed by atoms with van der Waals surface area (Å²) in [4.78, 5) is 0. The highest BCUT2D eigenvalue weighted by atomic mass is 14.5. The summed E-state index contributed by atoms with van der Waals surface area (Å²) in [6.07, 6.45) is 14.6. The standard InChI is InChI=1S/C30H36N2/c1-3-5-24-10-11-25(28(22-32)27(24)21-31)9-6-23-7-12-26(13-8-23)30-18-15-29(14-4-2,16-19-30)17-20-30/h7-8,10-13H,3-6,9,14-20H2,1-2H3. The van der Waals surface area contributed by atoms with Crippen molar-refractivity contribution in [3.63, 3.8) is 0 Å². The van der Waals surface area contributed by atoms with Crippen LogP contribution in [0.3, 0.4) is 0 Å². The molecule has 3 aliphatic rings. The van der Waals surface area contributed by atoms with Crippen molar-refractivity contribution in [1.82, 2.24) is 0 Å². The Kier molecular flexibility index (Phi) is 6.71. The van der Waals surface area contributed by atoms with Gasteiger partial charge < -0.3 is 0 Å². The first-order valence-electron chi connectivity index (χ1n) is 12.6. The van der Waals surface area contributed by atoms with Gasteiger partial charge in [-0.3, -0.25) is 0 Å². The SMILES string of the molecule is CCCc1ccc(CCc2ccc(C34CCC(CCC)(CC3)CC4)cc2)c(C#N)c1C#N. The van der Waals surface area contributed by atoms with E-state index in [1.54, 1.807) is 5.56 Å². The molecule has 0 radical (unpaired) electrons. The van der Waals surface area contributed by atoms with Gasteiger partial charge in [-0.15, -0.1) is 0 Å². The molecule has 0 saturated heterocycles. The maximum Gasteiger partial charge on any atom is 0.101 e. The number of nitrogens with zero attached hydrogens (tertiary/aromatic N) is 2. The fourth-order valence-electron chi connectivity index (χ4n) is 6.54. The van der Waals surface area contributed by atoms with E-state index in [9.17, 15) is 10.5 Å². The van der Waals surface area contributed by atoms with Crippen molar-refractivity contribution in [2.45, 2.75) is 96.3 Å². The summed E-state index contributed by atoms with van der Waals surface area (Å²) >= 11 is 0. The van der Waals surface area contributed by atoms with Crippen LogP contribution in [-0.2, 0) is 24.7 Å². The molecule has 3 saturated carbocycles. The minimum atomic E-state index is 0.415. The second-order valence-electron chi connectivity index (χ2n) is 10.3. The maximum absolute atomic E-state index is 9.71. The van der Waals surface area contributed by atoms with Gasteiger partial charge in [0.2, 0.25) is 0 Å². The number of aryl methyl sites for hydroxylation is 3. The molecule has 0 aromatic heterocycles. The quantitative estimate of drug-likeness (QED) is 0.439. The zero-order valence-electron chi connectivity index (χ0n) is 19.8. The summed E-state index contributed by atoms with van der Waals surface area (Å²) in [7, 11) is 0. The summed E-state index contributed by atoms with van der Waals surface area (Å²) in [5, 5.41) is 19.3. The molecular formula is C30H36N2. The average molecular weight is 425 g/mol. The minimum Gasteiger partial charge on any atom is -0.192 e. The van der Waals surface area contributed by atoms with Crippen molar-refractivity contribution in [2.75, 3.05) is 0 Å². The number of fused-ring (bicyclic) bond motifs is 3. The molecule has 5 rings (SSSR count). The Labute approximate surface area is 194 Å². The Morgan fingerprint density at radius 3 is 1.75 bits per heavy atom. The Bertz CT molecular complexity index is 1010. The van der Waals surface area contributed by atoms with E-state index in [-0.39, 0.29) is 0 Å². The van der Waals surface area contributed by atoms with E-state index in [1.807, 2.05) is 6.07 Å². The molecule has 166 valence electrons. The molecule has 2 aromatic carbocycles. The number of hydrogen-bond acceptors (Lipinski definition) is 2. The fraction of sp³-hybridized carbons (Fsp3) is 0.533. The average Bonchev–Trinajstić information content (AvgIpc) is 2.84. The zero-order valence-corrected chi connectivity index (χ0v) is 19.8. The molecule has 0 spiro atoms. The Hall–Kier alpha value is -2.58. The van der Waals surface area contributed by atoms with E-state index in [0.29, 0.717) is 22.0 Å². The van der Waals surface area contributed by atoms with Gasteiger partial charge in [-0.25, -0.2) is 0 Å². The summed E-state index contributed by atoms with van der Waals surface area (Å²) in [5.74, 6) is 0. The molecular weight excluding hydrogens is 388 g/mol. The lowest BCUT2D eigenvalue weighted by molar-refractivity contribution is 0.0320. The minimum absolute atomic E-state index is 0.415. The second kappa shape index (κ2) is 9.50. The van der Waals surface area contributed by atoms with Crippen molar-refractivity contribution in [2.24, 2.45) is 5.41 Å². The number of hydrogen-bond donors (Lipinski definition) is 0. The monoisotopic (exact) mass is 424 g/mol. The molecule has 2 heteroatoms. The van der Waals surface area contributed by atoms with Crippen LogP contribution in [0.15, 0.2) is 36.4 Å². The highest BCUT2D eigenvalue weighted by molar-refractivity contribution is 5.55. The molecule has 0 aliphatic heterocycles. The fourth-order valence-corrected chi connectivity index (χ4v) is 6.54. The first kappa shape index (κ1) is 22.6. The summed E-state index contributed by atoms with van der Waals surface area (Å²) in [6.45, 7) is 4.44. The lowest BCUT2D eigenvalue weighted by atomic mass is 9.51. The lowest BCUT2D eigenvalue weighted by Crippen LogP contribution is -2.44. The van der Waals surface area contributed by atoms with Crippen molar-refractivity contribution in [1.29, 1.82) is 10.5 Å². The van der Waals surface area contributed by atoms with Crippen LogP contribution >= 0.6 is 0 Å². The van der Waals surface area contributed by atoms with E-state index in [4.69, 9.17) is 0 Å². The maximum atomic E-state index is 9.71. The van der Waals surface area contributed by atoms with E-state index >= 15 is 0 Å². The Morgan fingerprint density at radius 2 is 1.25 bits per heavy atom. The summed E-state index contributed by atoms with van der Waals surface area (Å²) in [5.41, 5.74) is 7.09. The second-order valence-corrected chi connectivity index (χ2v) is 10.3. The van der Waals surface area contributed by atoms with Gasteiger partial charge in [0.15, 0.2) is 0 Å². The largest absolute Gasteiger partial charge is 0.192 e. The van der Waals surface area contributed by atoms with Crippen molar-refractivity contribution in [3.05, 3.63) is 69.8 Å². The first-order valence-corrected chi connectivity index (χ1v) is 12.6. The highest BCUT2D eigenvalue weighted by Crippen LogP contribution is 2.59. The van der Waals surface area contributed by atoms with Gasteiger partial charge in [0, 0.05) is 0 Å². The predicted molar refractivity (Wildman–Crippen MR) is 130 cm³/mol. The third kappa shape index (κ3) is 4.21. The lowest BCUT2D eigenvalue weighted by Gasteiger charge is -2.54. The van der Waals surface area contributed by atoms with Crippen molar-refractivity contribution >= 4 is 0 Å². The molecule has 0 atom stereocenters. The highest BCUT2D eigenvalue weighted by Gasteiger charge is 2.48. The first-order chi connectivity index (χ1) is 15.6. The molecule has 0 heterocycles. The summed E-state index contributed by atoms with van der Waals surface area (Å²) < 4.78 is 0. The third-order valence-electron chi connectivity index (χ3n) is 8.55. The van der Waals surface area contributed by atoms with Crippen LogP contribution in [0.4, 0.5) is 0 Å². The Balaban J connectivity index is 1.45. The van der Waals surface area contributed by atoms with Crippen molar-refractivity contribution < 1.29 is 0 Å². The number of rotatable bonds is 8. The van der Waals surface area contributed by atoms with Crippen LogP contribution < -0.4 is 0 Å².